The highest BCUT2D eigenvalue weighted by Gasteiger charge is 2.61. The maximum Gasteiger partial charge on any atom is 0.238 e. The lowest BCUT2D eigenvalue weighted by Gasteiger charge is -2.19. The summed E-state index contributed by atoms with van der Waals surface area (Å²) in [6.07, 6.45) is 9.78. The zero-order chi connectivity index (χ0) is 26.5. The van der Waals surface area contributed by atoms with Crippen LogP contribution in [0.2, 0.25) is 0 Å². The Bertz CT molecular complexity index is 1610. The van der Waals surface area contributed by atoms with Crippen LogP contribution < -0.4 is 9.80 Å². The van der Waals surface area contributed by atoms with Gasteiger partial charge in [-0.15, -0.1) is 0 Å². The van der Waals surface area contributed by atoms with E-state index in [4.69, 9.17) is 0 Å². The van der Waals surface area contributed by atoms with Gasteiger partial charge in [-0.2, -0.15) is 0 Å². The Labute approximate surface area is 223 Å². The standard InChI is InChI=1S/C30H22N2O6S/c33-27-23-13-1-2-14(9-13)24(23)28(34)31(27)17-5-7-21-19(11-17)20-12-18(6-8-22(20)39(21,37)38)32-29(35)25-15-3-4-16(10-15)26(25)30(32)36/h1-8,11-16,23-26H,9-10H2/t13-,14-,15-,16-,23+,24+,25+,26+/m0/s1. The van der Waals surface area contributed by atoms with E-state index in [1.807, 2.05) is 24.3 Å². The maximum absolute atomic E-state index is 13.4. The Hall–Kier alpha value is -3.85. The van der Waals surface area contributed by atoms with Gasteiger partial charge in [-0.05, 0) is 72.9 Å². The Morgan fingerprint density at radius 2 is 0.872 bits per heavy atom. The molecule has 4 fully saturated rings. The number of allylic oxidation sites excluding steroid dienone is 4. The van der Waals surface area contributed by atoms with Crippen molar-refractivity contribution in [1.29, 1.82) is 0 Å². The third-order valence-corrected chi connectivity index (χ3v) is 12.1. The first kappa shape index (κ1) is 22.0. The average Bonchev–Trinajstić information content (AvgIpc) is 3.77. The minimum atomic E-state index is -3.84. The largest absolute Gasteiger partial charge is 0.274 e. The van der Waals surface area contributed by atoms with Gasteiger partial charge < -0.3 is 0 Å². The van der Waals surface area contributed by atoms with E-state index < -0.39 is 9.84 Å². The van der Waals surface area contributed by atoms with Crippen LogP contribution in [0.1, 0.15) is 12.8 Å². The molecule has 2 aromatic carbocycles. The lowest BCUT2D eigenvalue weighted by molar-refractivity contribution is -0.124. The number of carbonyl (C=O) groups is 4. The van der Waals surface area contributed by atoms with Gasteiger partial charge in [0.2, 0.25) is 33.5 Å². The predicted molar refractivity (Wildman–Crippen MR) is 138 cm³/mol. The second kappa shape index (κ2) is 6.83. The van der Waals surface area contributed by atoms with Crippen molar-refractivity contribution < 1.29 is 27.6 Å². The number of sulfone groups is 1. The molecular formula is C30H22N2O6S. The molecule has 9 rings (SSSR count). The van der Waals surface area contributed by atoms with E-state index >= 15 is 0 Å². The Morgan fingerprint density at radius 3 is 1.21 bits per heavy atom. The van der Waals surface area contributed by atoms with E-state index in [1.165, 1.54) is 34.1 Å². The topological polar surface area (TPSA) is 109 Å². The van der Waals surface area contributed by atoms with E-state index in [-0.39, 0.29) is 80.8 Å². The van der Waals surface area contributed by atoms with E-state index in [9.17, 15) is 27.6 Å². The fourth-order valence-electron chi connectivity index (χ4n) is 8.64. The molecule has 2 saturated heterocycles. The van der Waals surface area contributed by atoms with Gasteiger partial charge in [0.15, 0.2) is 0 Å². The zero-order valence-corrected chi connectivity index (χ0v) is 21.4. The van der Waals surface area contributed by atoms with Crippen molar-refractivity contribution in [2.45, 2.75) is 22.6 Å². The fourth-order valence-corrected chi connectivity index (χ4v) is 10.3. The van der Waals surface area contributed by atoms with Crippen LogP contribution in [0.3, 0.4) is 0 Å². The highest BCUT2D eigenvalue weighted by atomic mass is 32.2. The molecule has 2 saturated carbocycles. The third kappa shape index (κ3) is 2.45. The van der Waals surface area contributed by atoms with Gasteiger partial charge in [0, 0.05) is 11.1 Å². The number of carbonyl (C=O) groups excluding carboxylic acids is 4. The van der Waals surface area contributed by atoms with Crippen molar-refractivity contribution >= 4 is 44.8 Å². The van der Waals surface area contributed by atoms with Crippen LogP contribution in [0.25, 0.3) is 11.1 Å². The highest BCUT2D eigenvalue weighted by molar-refractivity contribution is 7.92. The molecule has 2 aromatic rings. The average molecular weight is 539 g/mol. The maximum atomic E-state index is 13.4. The summed E-state index contributed by atoms with van der Waals surface area (Å²) in [7, 11) is -3.84. The van der Waals surface area contributed by atoms with E-state index in [0.29, 0.717) is 22.5 Å². The molecular weight excluding hydrogens is 516 g/mol. The van der Waals surface area contributed by atoms with Gasteiger partial charge in [-0.25, -0.2) is 18.2 Å². The number of hydrogen-bond donors (Lipinski definition) is 0. The van der Waals surface area contributed by atoms with Crippen molar-refractivity contribution in [3.8, 4) is 11.1 Å². The molecule has 7 aliphatic rings. The second-order valence-corrected chi connectivity index (χ2v) is 13.8. The molecule has 0 radical (unpaired) electrons. The van der Waals surface area contributed by atoms with E-state index in [2.05, 4.69) is 0 Å². The van der Waals surface area contributed by atoms with E-state index in [1.54, 1.807) is 12.1 Å². The van der Waals surface area contributed by atoms with Gasteiger partial charge in [0.05, 0.1) is 44.8 Å². The monoisotopic (exact) mass is 538 g/mol. The normalized spacial score (nSPS) is 37.3. The summed E-state index contributed by atoms with van der Waals surface area (Å²) in [6.45, 7) is 0. The highest BCUT2D eigenvalue weighted by Crippen LogP contribution is 2.56. The number of fused-ring (bicyclic) bond motifs is 13. The molecule has 3 aliphatic heterocycles. The van der Waals surface area contributed by atoms with Gasteiger partial charge in [-0.1, -0.05) is 24.3 Å². The summed E-state index contributed by atoms with van der Waals surface area (Å²) in [5.41, 5.74) is 1.42. The molecule has 0 spiro atoms. The third-order valence-electron chi connectivity index (χ3n) is 10.3. The number of amides is 4. The molecule has 0 unspecified atom stereocenters. The first-order valence-electron chi connectivity index (χ1n) is 13.4. The molecule has 194 valence electrons. The molecule has 4 bridgehead atoms. The number of hydrogen-bond acceptors (Lipinski definition) is 6. The summed E-state index contributed by atoms with van der Waals surface area (Å²) < 4.78 is 26.8. The van der Waals surface area contributed by atoms with Gasteiger partial charge in [0.25, 0.3) is 0 Å². The van der Waals surface area contributed by atoms with E-state index in [0.717, 1.165) is 12.8 Å². The predicted octanol–water partition coefficient (Wildman–Crippen LogP) is 3.12. The van der Waals surface area contributed by atoms with Crippen molar-refractivity contribution in [1.82, 2.24) is 0 Å². The SMILES string of the molecule is O=C1[C@H]2[C@H](C(=O)N1c1ccc3c(c1)-c1cc(N4C(=O)[C@H]5[C@H](C4=O)[C@H]4C=C[C@H]5C4)ccc1S3(=O)=O)[C@H]1C=C[C@H]2C1. The number of imide groups is 2. The summed E-state index contributed by atoms with van der Waals surface area (Å²) in [6, 6.07) is 9.10. The van der Waals surface area contributed by atoms with Crippen LogP contribution in [0.5, 0.6) is 0 Å². The molecule has 0 aromatic heterocycles. The zero-order valence-electron chi connectivity index (χ0n) is 20.6. The van der Waals surface area contributed by atoms with Crippen LogP contribution in [0, 0.1) is 47.3 Å². The minimum Gasteiger partial charge on any atom is -0.274 e. The second-order valence-electron chi connectivity index (χ2n) is 11.9. The number of rotatable bonds is 2. The minimum absolute atomic E-state index is 0.0694. The molecule has 8 nitrogen and oxygen atoms in total. The number of nitrogens with zero attached hydrogens (tertiary/aromatic N) is 2. The van der Waals surface area contributed by atoms with Crippen molar-refractivity contribution in [2.24, 2.45) is 47.3 Å². The summed E-state index contributed by atoms with van der Waals surface area (Å²) in [4.78, 5) is 56.1. The molecule has 3 heterocycles. The molecule has 4 amide bonds. The molecule has 4 aliphatic carbocycles. The number of anilines is 2. The lowest BCUT2D eigenvalue weighted by atomic mass is 9.85. The van der Waals surface area contributed by atoms with Crippen LogP contribution in [-0.2, 0) is 29.0 Å². The smallest absolute Gasteiger partial charge is 0.238 e. The summed E-state index contributed by atoms with van der Waals surface area (Å²) >= 11 is 0. The quantitative estimate of drug-likeness (QED) is 0.366. The van der Waals surface area contributed by atoms with Crippen LogP contribution in [-0.4, -0.2) is 32.0 Å². The Kier molecular flexibility index (Phi) is 3.85. The Morgan fingerprint density at radius 1 is 0.538 bits per heavy atom. The van der Waals surface area contributed by atoms with Crippen LogP contribution in [0.15, 0.2) is 70.5 Å². The summed E-state index contributed by atoms with van der Waals surface area (Å²) in [5.74, 6) is -2.11. The molecule has 0 N–H and O–H groups in total. The molecule has 9 heteroatoms. The lowest BCUT2D eigenvalue weighted by Crippen LogP contribution is -2.33. The molecule has 8 atom stereocenters. The van der Waals surface area contributed by atoms with Gasteiger partial charge >= 0.3 is 0 Å². The Balaban J connectivity index is 1.13. The first-order chi connectivity index (χ1) is 18.8. The number of benzene rings is 2. The van der Waals surface area contributed by atoms with Gasteiger partial charge in [0.1, 0.15) is 0 Å². The first-order valence-corrected chi connectivity index (χ1v) is 14.9. The fraction of sp³-hybridized carbons (Fsp3) is 0.333. The van der Waals surface area contributed by atoms with Crippen molar-refractivity contribution in [3.63, 3.8) is 0 Å². The van der Waals surface area contributed by atoms with Crippen LogP contribution in [0.4, 0.5) is 11.4 Å². The summed E-state index contributed by atoms with van der Waals surface area (Å²) in [5, 5.41) is 0. The van der Waals surface area contributed by atoms with Gasteiger partial charge in [-0.3, -0.25) is 19.2 Å². The molecule has 39 heavy (non-hydrogen) atoms. The van der Waals surface area contributed by atoms with Crippen molar-refractivity contribution in [2.75, 3.05) is 9.80 Å². The van der Waals surface area contributed by atoms with Crippen LogP contribution >= 0.6 is 0 Å². The van der Waals surface area contributed by atoms with Crippen molar-refractivity contribution in [3.05, 3.63) is 60.7 Å².